The summed E-state index contributed by atoms with van der Waals surface area (Å²) >= 11 is 0. The Hall–Kier alpha value is -1.93. The summed E-state index contributed by atoms with van der Waals surface area (Å²) in [6.45, 7) is 2.72. The SMILES string of the molecule is COCC(C)NC(=O)Cn1ncc(OCCN)cc1=O. The van der Waals surface area contributed by atoms with Gasteiger partial charge in [-0.3, -0.25) is 9.59 Å². The molecule has 0 saturated carbocycles. The number of hydrogen-bond acceptors (Lipinski definition) is 6. The molecular weight excluding hydrogens is 264 g/mol. The van der Waals surface area contributed by atoms with Gasteiger partial charge in [-0.05, 0) is 6.92 Å². The van der Waals surface area contributed by atoms with E-state index in [1.165, 1.54) is 12.3 Å². The Bertz CT molecular complexity index is 489. The lowest BCUT2D eigenvalue weighted by Crippen LogP contribution is -2.40. The lowest BCUT2D eigenvalue weighted by molar-refractivity contribution is -0.122. The average molecular weight is 284 g/mol. The number of carbonyl (C=O) groups excluding carboxylic acids is 1. The number of hydrogen-bond donors (Lipinski definition) is 2. The fourth-order valence-electron chi connectivity index (χ4n) is 1.54. The fourth-order valence-corrected chi connectivity index (χ4v) is 1.54. The summed E-state index contributed by atoms with van der Waals surface area (Å²) in [6.07, 6.45) is 1.38. The molecule has 0 spiro atoms. The highest BCUT2D eigenvalue weighted by Gasteiger charge is 2.09. The zero-order valence-corrected chi connectivity index (χ0v) is 11.7. The predicted octanol–water partition coefficient (Wildman–Crippen LogP) is -1.27. The van der Waals surface area contributed by atoms with Crippen LogP contribution in [-0.4, -0.2) is 48.6 Å². The molecule has 1 amide bonds. The number of rotatable bonds is 8. The van der Waals surface area contributed by atoms with Crippen LogP contribution in [0, 0.1) is 0 Å². The van der Waals surface area contributed by atoms with E-state index in [0.29, 0.717) is 25.5 Å². The zero-order chi connectivity index (χ0) is 15.0. The van der Waals surface area contributed by atoms with E-state index in [4.69, 9.17) is 15.2 Å². The van der Waals surface area contributed by atoms with E-state index in [1.54, 1.807) is 14.0 Å². The number of carbonyl (C=O) groups is 1. The first-order valence-corrected chi connectivity index (χ1v) is 6.25. The number of ether oxygens (including phenoxy) is 2. The number of aromatic nitrogens is 2. The molecule has 1 aromatic rings. The van der Waals surface area contributed by atoms with E-state index >= 15 is 0 Å². The van der Waals surface area contributed by atoms with Crippen LogP contribution in [0.4, 0.5) is 0 Å². The van der Waals surface area contributed by atoms with Crippen molar-refractivity contribution >= 4 is 5.91 Å². The Labute approximate surface area is 116 Å². The number of nitrogens with two attached hydrogens (primary N) is 1. The summed E-state index contributed by atoms with van der Waals surface area (Å²) in [4.78, 5) is 23.4. The molecule has 3 N–H and O–H groups in total. The highest BCUT2D eigenvalue weighted by Crippen LogP contribution is 2.02. The zero-order valence-electron chi connectivity index (χ0n) is 11.7. The normalized spacial score (nSPS) is 11.9. The monoisotopic (exact) mass is 284 g/mol. The number of nitrogens with zero attached hydrogens (tertiary/aromatic N) is 2. The molecule has 8 nitrogen and oxygen atoms in total. The summed E-state index contributed by atoms with van der Waals surface area (Å²) in [5.41, 5.74) is 4.88. The number of amides is 1. The van der Waals surface area contributed by atoms with Gasteiger partial charge in [0, 0.05) is 25.8 Å². The summed E-state index contributed by atoms with van der Waals surface area (Å²) in [6, 6.07) is 1.14. The summed E-state index contributed by atoms with van der Waals surface area (Å²) in [5, 5.41) is 6.56. The molecule has 20 heavy (non-hydrogen) atoms. The van der Waals surface area contributed by atoms with E-state index in [0.717, 1.165) is 4.68 Å². The van der Waals surface area contributed by atoms with Crippen molar-refractivity contribution in [2.75, 3.05) is 26.9 Å². The van der Waals surface area contributed by atoms with Gasteiger partial charge in [-0.25, -0.2) is 4.68 Å². The maximum Gasteiger partial charge on any atom is 0.270 e. The summed E-state index contributed by atoms with van der Waals surface area (Å²) in [7, 11) is 1.55. The van der Waals surface area contributed by atoms with Crippen molar-refractivity contribution in [1.82, 2.24) is 15.1 Å². The lowest BCUT2D eigenvalue weighted by Gasteiger charge is -2.13. The van der Waals surface area contributed by atoms with Crippen molar-refractivity contribution < 1.29 is 14.3 Å². The van der Waals surface area contributed by atoms with Crippen LogP contribution in [0.15, 0.2) is 17.1 Å². The van der Waals surface area contributed by atoms with Crippen LogP contribution in [0.25, 0.3) is 0 Å². The van der Waals surface area contributed by atoms with Gasteiger partial charge in [0.15, 0.2) is 0 Å². The molecule has 0 aliphatic heterocycles. The molecule has 112 valence electrons. The van der Waals surface area contributed by atoms with Crippen LogP contribution in [0.1, 0.15) is 6.92 Å². The lowest BCUT2D eigenvalue weighted by atomic mass is 10.3. The van der Waals surface area contributed by atoms with Crippen molar-refractivity contribution in [2.45, 2.75) is 19.5 Å². The molecule has 1 atom stereocenters. The molecule has 1 heterocycles. The predicted molar refractivity (Wildman–Crippen MR) is 72.5 cm³/mol. The topological polar surface area (TPSA) is 108 Å². The molecule has 1 rings (SSSR count). The molecule has 0 saturated heterocycles. The van der Waals surface area contributed by atoms with Crippen molar-refractivity contribution in [1.29, 1.82) is 0 Å². The average Bonchev–Trinajstić information content (AvgIpc) is 2.39. The second-order valence-corrected chi connectivity index (χ2v) is 4.25. The van der Waals surface area contributed by atoms with Gasteiger partial charge in [-0.15, -0.1) is 0 Å². The Kier molecular flexibility index (Phi) is 6.68. The molecule has 0 radical (unpaired) electrons. The van der Waals surface area contributed by atoms with Crippen LogP contribution in [0.3, 0.4) is 0 Å². The number of nitrogens with one attached hydrogen (secondary N) is 1. The molecule has 0 aliphatic carbocycles. The van der Waals surface area contributed by atoms with Crippen LogP contribution in [0.5, 0.6) is 5.75 Å². The maximum atomic E-state index is 11.7. The van der Waals surface area contributed by atoms with Gasteiger partial charge >= 0.3 is 0 Å². The maximum absolute atomic E-state index is 11.7. The minimum Gasteiger partial charge on any atom is -0.490 e. The highest BCUT2D eigenvalue weighted by molar-refractivity contribution is 5.75. The molecule has 0 aliphatic rings. The molecule has 0 bridgehead atoms. The highest BCUT2D eigenvalue weighted by atomic mass is 16.5. The van der Waals surface area contributed by atoms with Crippen molar-refractivity contribution in [3.63, 3.8) is 0 Å². The van der Waals surface area contributed by atoms with Gasteiger partial charge in [0.2, 0.25) is 5.91 Å². The first-order valence-electron chi connectivity index (χ1n) is 6.25. The van der Waals surface area contributed by atoms with Gasteiger partial charge in [0.1, 0.15) is 18.9 Å². The summed E-state index contributed by atoms with van der Waals surface area (Å²) < 4.78 is 11.1. The summed E-state index contributed by atoms with van der Waals surface area (Å²) in [5.74, 6) is 0.0321. The van der Waals surface area contributed by atoms with Crippen molar-refractivity contribution in [3.8, 4) is 5.75 Å². The Morgan fingerprint density at radius 3 is 2.95 bits per heavy atom. The minimum absolute atomic E-state index is 0.129. The minimum atomic E-state index is -0.408. The van der Waals surface area contributed by atoms with Crippen LogP contribution in [0.2, 0.25) is 0 Å². The second kappa shape index (κ2) is 8.28. The van der Waals surface area contributed by atoms with Gasteiger partial charge in [-0.2, -0.15) is 5.10 Å². The smallest absolute Gasteiger partial charge is 0.270 e. The third-order valence-corrected chi connectivity index (χ3v) is 2.35. The quantitative estimate of drug-likeness (QED) is 0.616. The Morgan fingerprint density at radius 2 is 2.35 bits per heavy atom. The molecule has 1 aromatic heterocycles. The molecular formula is C12H20N4O4. The van der Waals surface area contributed by atoms with E-state index in [1.807, 2.05) is 0 Å². The molecule has 1 unspecified atom stereocenters. The van der Waals surface area contributed by atoms with Gasteiger partial charge in [0.25, 0.3) is 5.56 Å². The number of methoxy groups -OCH3 is 1. The van der Waals surface area contributed by atoms with Crippen LogP contribution in [-0.2, 0) is 16.1 Å². The largest absolute Gasteiger partial charge is 0.490 e. The van der Waals surface area contributed by atoms with Crippen molar-refractivity contribution in [2.24, 2.45) is 5.73 Å². The van der Waals surface area contributed by atoms with E-state index < -0.39 is 5.56 Å². The van der Waals surface area contributed by atoms with Crippen LogP contribution >= 0.6 is 0 Å². The van der Waals surface area contributed by atoms with Crippen LogP contribution < -0.4 is 21.3 Å². The third kappa shape index (κ3) is 5.37. The van der Waals surface area contributed by atoms with E-state index in [-0.39, 0.29) is 18.5 Å². The van der Waals surface area contributed by atoms with Gasteiger partial charge in [0.05, 0.1) is 12.8 Å². The standard InChI is InChI=1S/C12H20N4O4/c1-9(8-19-2)15-11(17)7-16-12(18)5-10(6-14-16)20-4-3-13/h5-6,9H,3-4,7-8,13H2,1-2H3,(H,15,17). The Balaban J connectivity index is 2.59. The van der Waals surface area contributed by atoms with Gasteiger partial charge in [-0.1, -0.05) is 0 Å². The third-order valence-electron chi connectivity index (χ3n) is 2.35. The van der Waals surface area contributed by atoms with Gasteiger partial charge < -0.3 is 20.5 Å². The molecule has 0 aromatic carbocycles. The Morgan fingerprint density at radius 1 is 1.60 bits per heavy atom. The first-order chi connectivity index (χ1) is 9.56. The first kappa shape index (κ1) is 16.1. The van der Waals surface area contributed by atoms with Crippen molar-refractivity contribution in [3.05, 3.63) is 22.6 Å². The van der Waals surface area contributed by atoms with E-state index in [2.05, 4.69) is 10.4 Å². The molecule has 0 fully saturated rings. The second-order valence-electron chi connectivity index (χ2n) is 4.25. The van der Waals surface area contributed by atoms with E-state index in [9.17, 15) is 9.59 Å². The molecule has 8 heteroatoms. The fraction of sp³-hybridized carbons (Fsp3) is 0.583.